The molecule has 138 valence electrons. The number of hydrogen-bond donors (Lipinski definition) is 0. The van der Waals surface area contributed by atoms with Crippen LogP contribution in [0, 0.1) is 10.1 Å². The van der Waals surface area contributed by atoms with Gasteiger partial charge >= 0.3 is 0 Å². The minimum atomic E-state index is -0.453. The lowest BCUT2D eigenvalue weighted by molar-refractivity contribution is -0.384. The molecule has 4 rings (SSSR count). The van der Waals surface area contributed by atoms with Gasteiger partial charge in [0.15, 0.2) is 0 Å². The number of furan rings is 1. The van der Waals surface area contributed by atoms with E-state index >= 15 is 0 Å². The molecule has 0 aliphatic carbocycles. The molecular weight excluding hydrogens is 358 g/mol. The van der Waals surface area contributed by atoms with Crippen LogP contribution >= 0.6 is 0 Å². The third kappa shape index (κ3) is 3.09. The zero-order valence-corrected chi connectivity index (χ0v) is 14.9. The molecule has 3 aromatic rings. The van der Waals surface area contributed by atoms with Crippen molar-refractivity contribution in [1.29, 1.82) is 0 Å². The molecule has 1 aliphatic heterocycles. The van der Waals surface area contributed by atoms with Crippen LogP contribution < -0.4 is 5.01 Å². The van der Waals surface area contributed by atoms with E-state index in [1.807, 2.05) is 18.2 Å². The number of nitro benzene ring substituents is 1. The van der Waals surface area contributed by atoms with Gasteiger partial charge in [0.05, 0.1) is 27.5 Å². The summed E-state index contributed by atoms with van der Waals surface area (Å²) >= 11 is 0. The Morgan fingerprint density at radius 2 is 1.75 bits per heavy atom. The third-order valence-corrected chi connectivity index (χ3v) is 4.34. The number of carbonyl (C=O) groups excluding carboxylic acids is 1. The average molecular weight is 373 g/mol. The van der Waals surface area contributed by atoms with Gasteiger partial charge in [-0.05, 0) is 43.3 Å². The Hall–Kier alpha value is -4.00. The van der Waals surface area contributed by atoms with E-state index in [2.05, 4.69) is 5.10 Å². The molecule has 7 nitrogen and oxygen atoms in total. The molecule has 2 aromatic carbocycles. The van der Waals surface area contributed by atoms with Gasteiger partial charge in [-0.3, -0.25) is 14.9 Å². The van der Waals surface area contributed by atoms with Crippen LogP contribution in [0.15, 0.2) is 81.8 Å². The molecule has 0 N–H and O–H groups in total. The Balaban J connectivity index is 1.66. The van der Waals surface area contributed by atoms with Gasteiger partial charge in [-0.2, -0.15) is 10.1 Å². The fourth-order valence-corrected chi connectivity index (χ4v) is 2.99. The number of carbonyl (C=O) groups is 1. The minimum Gasteiger partial charge on any atom is -0.456 e. The number of hydrazone groups is 1. The summed E-state index contributed by atoms with van der Waals surface area (Å²) in [6.07, 6.45) is 1.60. The maximum absolute atomic E-state index is 12.8. The first-order valence-electron chi connectivity index (χ1n) is 8.55. The van der Waals surface area contributed by atoms with Gasteiger partial charge < -0.3 is 4.42 Å². The van der Waals surface area contributed by atoms with Gasteiger partial charge in [0, 0.05) is 6.07 Å². The van der Waals surface area contributed by atoms with E-state index in [4.69, 9.17) is 4.42 Å². The lowest BCUT2D eigenvalue weighted by atomic mass is 10.1. The fourth-order valence-electron chi connectivity index (χ4n) is 2.99. The molecule has 0 atom stereocenters. The fraction of sp³-hybridized carbons (Fsp3) is 0.0476. The highest BCUT2D eigenvalue weighted by Gasteiger charge is 2.29. The first-order valence-corrected chi connectivity index (χ1v) is 8.55. The smallest absolute Gasteiger partial charge is 0.280 e. The minimum absolute atomic E-state index is 0.0407. The number of hydrogen-bond acceptors (Lipinski definition) is 5. The molecule has 0 saturated carbocycles. The number of nitro groups is 1. The van der Waals surface area contributed by atoms with E-state index in [1.165, 1.54) is 11.1 Å². The number of rotatable bonds is 4. The van der Waals surface area contributed by atoms with Crippen molar-refractivity contribution < 1.29 is 14.1 Å². The van der Waals surface area contributed by atoms with Gasteiger partial charge in [-0.25, -0.2) is 0 Å². The SMILES string of the molecule is CC1=NN(c2ccccc2)C(=O)/C1=C\c1ccc(-c2ccccc2[N+](=O)[O-])o1. The van der Waals surface area contributed by atoms with Crippen molar-refractivity contribution in [2.24, 2.45) is 5.10 Å². The molecule has 0 spiro atoms. The van der Waals surface area contributed by atoms with Crippen LogP contribution in [-0.2, 0) is 4.79 Å². The van der Waals surface area contributed by atoms with E-state index < -0.39 is 4.92 Å². The van der Waals surface area contributed by atoms with Gasteiger partial charge in [-0.15, -0.1) is 0 Å². The van der Waals surface area contributed by atoms with Crippen molar-refractivity contribution in [3.05, 3.63) is 88.2 Å². The first kappa shape index (κ1) is 17.4. The monoisotopic (exact) mass is 373 g/mol. The van der Waals surface area contributed by atoms with Crippen molar-refractivity contribution in [1.82, 2.24) is 0 Å². The molecule has 1 aliphatic rings. The molecule has 1 amide bonds. The molecule has 0 fully saturated rings. The zero-order chi connectivity index (χ0) is 19.7. The molecule has 2 heterocycles. The molecule has 0 unspecified atom stereocenters. The second kappa shape index (κ2) is 6.96. The largest absolute Gasteiger partial charge is 0.456 e. The predicted octanol–water partition coefficient (Wildman–Crippen LogP) is 4.66. The Morgan fingerprint density at radius 1 is 1.04 bits per heavy atom. The summed E-state index contributed by atoms with van der Waals surface area (Å²) in [5, 5.41) is 16.9. The van der Waals surface area contributed by atoms with Crippen LogP contribution in [0.3, 0.4) is 0 Å². The third-order valence-electron chi connectivity index (χ3n) is 4.34. The van der Waals surface area contributed by atoms with Crippen molar-refractivity contribution in [2.75, 3.05) is 5.01 Å². The van der Waals surface area contributed by atoms with Crippen LogP contribution in [0.4, 0.5) is 11.4 Å². The molecular formula is C21H15N3O4. The standard InChI is InChI=1S/C21H15N3O4/c1-14-18(21(25)23(22-14)15-7-3-2-4-8-15)13-16-11-12-20(28-16)17-9-5-6-10-19(17)24(26)27/h2-13H,1H3/b18-13-. The van der Waals surface area contributed by atoms with E-state index in [-0.39, 0.29) is 11.6 Å². The summed E-state index contributed by atoms with van der Waals surface area (Å²) < 4.78 is 5.75. The molecule has 7 heteroatoms. The maximum Gasteiger partial charge on any atom is 0.280 e. The summed E-state index contributed by atoms with van der Waals surface area (Å²) in [6, 6.07) is 18.8. The summed E-state index contributed by atoms with van der Waals surface area (Å²) in [4.78, 5) is 23.5. The van der Waals surface area contributed by atoms with Crippen LogP contribution in [-0.4, -0.2) is 16.5 Å². The average Bonchev–Trinajstić information content (AvgIpc) is 3.29. The lowest BCUT2D eigenvalue weighted by Crippen LogP contribution is -2.21. The number of nitrogens with zero attached hydrogens (tertiary/aromatic N) is 3. The predicted molar refractivity (Wildman–Crippen MR) is 106 cm³/mol. The Labute approximate surface area is 160 Å². The molecule has 0 radical (unpaired) electrons. The van der Waals surface area contributed by atoms with Crippen LogP contribution in [0.1, 0.15) is 12.7 Å². The number of amides is 1. The van der Waals surface area contributed by atoms with Crippen molar-refractivity contribution in [3.8, 4) is 11.3 Å². The first-order chi connectivity index (χ1) is 13.5. The second-order valence-corrected chi connectivity index (χ2v) is 6.17. The highest BCUT2D eigenvalue weighted by atomic mass is 16.6. The number of anilines is 1. The molecule has 0 bridgehead atoms. The van der Waals surface area contributed by atoms with Crippen molar-refractivity contribution in [3.63, 3.8) is 0 Å². The van der Waals surface area contributed by atoms with Gasteiger partial charge in [0.2, 0.25) is 0 Å². The Morgan fingerprint density at radius 3 is 2.50 bits per heavy atom. The summed E-state index contributed by atoms with van der Waals surface area (Å²) in [5.74, 6) is 0.521. The highest BCUT2D eigenvalue weighted by Crippen LogP contribution is 2.32. The molecule has 28 heavy (non-hydrogen) atoms. The van der Waals surface area contributed by atoms with Gasteiger partial charge in [0.25, 0.3) is 11.6 Å². The zero-order valence-electron chi connectivity index (χ0n) is 14.9. The van der Waals surface area contributed by atoms with E-state index in [0.717, 1.165) is 0 Å². The number of para-hydroxylation sites is 2. The highest BCUT2D eigenvalue weighted by molar-refractivity contribution is 6.32. The van der Waals surface area contributed by atoms with E-state index in [0.29, 0.717) is 34.1 Å². The maximum atomic E-state index is 12.8. The van der Waals surface area contributed by atoms with Gasteiger partial charge in [0.1, 0.15) is 11.5 Å². The van der Waals surface area contributed by atoms with E-state index in [1.54, 1.807) is 55.5 Å². The summed E-state index contributed by atoms with van der Waals surface area (Å²) in [6.45, 7) is 1.75. The number of benzene rings is 2. The van der Waals surface area contributed by atoms with Crippen LogP contribution in [0.5, 0.6) is 0 Å². The summed E-state index contributed by atoms with van der Waals surface area (Å²) in [7, 11) is 0. The van der Waals surface area contributed by atoms with Crippen LogP contribution in [0.2, 0.25) is 0 Å². The normalized spacial score (nSPS) is 15.2. The van der Waals surface area contributed by atoms with Gasteiger partial charge in [-0.1, -0.05) is 30.3 Å². The van der Waals surface area contributed by atoms with Crippen molar-refractivity contribution in [2.45, 2.75) is 6.92 Å². The Kier molecular flexibility index (Phi) is 4.33. The Bertz CT molecular complexity index is 1130. The molecule has 1 aromatic heterocycles. The summed E-state index contributed by atoms with van der Waals surface area (Å²) in [5.41, 5.74) is 1.99. The quantitative estimate of drug-likeness (QED) is 0.378. The second-order valence-electron chi connectivity index (χ2n) is 6.17. The topological polar surface area (TPSA) is 89.0 Å². The van der Waals surface area contributed by atoms with E-state index in [9.17, 15) is 14.9 Å². The molecule has 0 saturated heterocycles. The van der Waals surface area contributed by atoms with Crippen molar-refractivity contribution >= 4 is 29.1 Å². The van der Waals surface area contributed by atoms with Crippen LogP contribution in [0.25, 0.3) is 17.4 Å². The lowest BCUT2D eigenvalue weighted by Gasteiger charge is -2.10.